The molecule has 3 aromatic rings. The van der Waals surface area contributed by atoms with Crippen molar-refractivity contribution >= 4 is 28.9 Å². The van der Waals surface area contributed by atoms with Gasteiger partial charge in [-0.2, -0.15) is 0 Å². The first-order valence-electron chi connectivity index (χ1n) is 22.9. The molecule has 9 atom stereocenters. The third-order valence-electron chi connectivity index (χ3n) is 17.4. The Balaban J connectivity index is 0.700. The van der Waals surface area contributed by atoms with E-state index in [0.29, 0.717) is 80.0 Å². The number of ketones is 2. The molecule has 10 aliphatic rings. The van der Waals surface area contributed by atoms with Crippen molar-refractivity contribution in [3.63, 3.8) is 0 Å². The van der Waals surface area contributed by atoms with E-state index in [1.165, 1.54) is 37.7 Å². The van der Waals surface area contributed by atoms with E-state index in [1.54, 1.807) is 11.3 Å². The SMILES string of the molecule is O=C(Cc1ccc(CCOc2ccc3c4c2O[C@H]2C(=O)CC[C@@]5(O)[C@@H](C3)C(CC3CC3)CC[C@]425)s1)Oc1ccc2c3c1O[C@H]1C(=O)CC[C@@]4(O)[C@@H](C2)N(CC2CC2)CC[C@]314. The molecule has 0 radical (unpaired) electrons. The minimum atomic E-state index is -1.07. The second kappa shape index (κ2) is 12.7. The van der Waals surface area contributed by atoms with Crippen LogP contribution >= 0.6 is 11.3 Å². The molecule has 7 aliphatic carbocycles. The fraction of sp³-hybridized carbons (Fsp3) is 0.612. The Labute approximate surface area is 353 Å². The first-order valence-corrected chi connectivity index (χ1v) is 23.7. The van der Waals surface area contributed by atoms with Crippen LogP contribution in [0.2, 0.25) is 0 Å². The lowest BCUT2D eigenvalue weighted by Crippen LogP contribution is -2.76. The number of ether oxygens (including phenoxy) is 4. The van der Waals surface area contributed by atoms with E-state index in [-0.39, 0.29) is 36.4 Å². The Morgan fingerprint density at radius 3 is 2.18 bits per heavy atom. The summed E-state index contributed by atoms with van der Waals surface area (Å²) in [6, 6.07) is 11.9. The first-order chi connectivity index (χ1) is 29.1. The van der Waals surface area contributed by atoms with Gasteiger partial charge < -0.3 is 29.2 Å². The second-order valence-corrected chi connectivity index (χ2v) is 21.6. The van der Waals surface area contributed by atoms with Gasteiger partial charge in [0.2, 0.25) is 0 Å². The van der Waals surface area contributed by atoms with Gasteiger partial charge in [-0.1, -0.05) is 25.0 Å². The van der Waals surface area contributed by atoms with Gasteiger partial charge in [-0.3, -0.25) is 19.3 Å². The highest BCUT2D eigenvalue weighted by Crippen LogP contribution is 2.69. The highest BCUT2D eigenvalue weighted by molar-refractivity contribution is 7.12. The summed E-state index contributed by atoms with van der Waals surface area (Å²) in [4.78, 5) is 45.0. The van der Waals surface area contributed by atoms with Crippen molar-refractivity contribution in [1.82, 2.24) is 4.90 Å². The molecule has 4 heterocycles. The number of carbonyl (C=O) groups is 3. The van der Waals surface area contributed by atoms with Gasteiger partial charge in [-0.05, 0) is 130 Å². The molecule has 3 aliphatic heterocycles. The highest BCUT2D eigenvalue weighted by atomic mass is 32.1. The Bertz CT molecular complexity index is 2380. The summed E-state index contributed by atoms with van der Waals surface area (Å²) in [5, 5.41) is 25.3. The number of hydrogen-bond donors (Lipinski definition) is 2. The summed E-state index contributed by atoms with van der Waals surface area (Å²) in [6.45, 7) is 2.21. The zero-order chi connectivity index (χ0) is 40.3. The molecule has 2 spiro atoms. The molecule has 11 heteroatoms. The molecule has 2 N–H and O–H groups in total. The standard InChI is InChI=1S/C49H53NO9S/c51-34-12-16-48(54)33-22-29-5-9-36(42-40(29)46(48,44(34)58-42)15-11-28(33)21-26-1-2-26)56-20-14-31-7-8-32(60-31)24-39(53)57-37-10-6-30-23-38-49(55)17-13-35(52)45-47(49,41(30)43(37)59-45)18-19-50(38)25-27-3-4-27/h5-10,26-28,33,38,44-45,54-55H,1-4,11-25H2/t28?,33-,38+,44-,45-,46-,47-,48+,49+/m0/s1. The van der Waals surface area contributed by atoms with E-state index in [4.69, 9.17) is 18.9 Å². The molecular formula is C49H53NO9S. The molecule has 60 heavy (non-hydrogen) atoms. The summed E-state index contributed by atoms with van der Waals surface area (Å²) in [5.41, 5.74) is 0.708. The summed E-state index contributed by atoms with van der Waals surface area (Å²) in [6.07, 6.45) is 11.2. The number of carbonyl (C=O) groups excluding carboxylic acids is 3. The molecule has 314 valence electrons. The summed E-state index contributed by atoms with van der Waals surface area (Å²) >= 11 is 1.55. The molecule has 0 amide bonds. The minimum absolute atomic E-state index is 0.0213. The number of piperidine rings is 1. The van der Waals surface area contributed by atoms with Gasteiger partial charge in [0, 0.05) is 52.7 Å². The molecule has 4 bridgehead atoms. The Morgan fingerprint density at radius 1 is 0.767 bits per heavy atom. The van der Waals surface area contributed by atoms with Crippen LogP contribution in [-0.2, 0) is 50.9 Å². The third-order valence-corrected chi connectivity index (χ3v) is 18.6. The molecule has 1 saturated heterocycles. The number of aliphatic hydroxyl groups is 2. The number of likely N-dealkylation sites (tertiary alicyclic amines) is 1. The predicted molar refractivity (Wildman–Crippen MR) is 220 cm³/mol. The number of nitrogens with zero attached hydrogens (tertiary/aromatic N) is 1. The lowest BCUT2D eigenvalue weighted by molar-refractivity contribution is -0.189. The maximum absolute atomic E-state index is 13.5. The van der Waals surface area contributed by atoms with Crippen molar-refractivity contribution in [2.24, 2.45) is 23.7 Å². The van der Waals surface area contributed by atoms with E-state index >= 15 is 0 Å². The number of hydrogen-bond acceptors (Lipinski definition) is 11. The molecule has 2 aromatic carbocycles. The van der Waals surface area contributed by atoms with E-state index < -0.39 is 40.2 Å². The molecule has 13 rings (SSSR count). The van der Waals surface area contributed by atoms with Gasteiger partial charge in [-0.25, -0.2) is 0 Å². The van der Waals surface area contributed by atoms with Gasteiger partial charge in [0.15, 0.2) is 46.8 Å². The molecule has 1 aromatic heterocycles. The van der Waals surface area contributed by atoms with E-state index in [2.05, 4.69) is 11.0 Å². The van der Waals surface area contributed by atoms with Gasteiger partial charge >= 0.3 is 5.97 Å². The smallest absolute Gasteiger partial charge is 0.316 e. The largest absolute Gasteiger partial charge is 0.489 e. The lowest BCUT2D eigenvalue weighted by atomic mass is 9.43. The lowest BCUT2D eigenvalue weighted by Gasteiger charge is -2.62. The Hall–Kier alpha value is -3.77. The molecule has 5 saturated carbocycles. The average Bonchev–Trinajstić information content (AvgIpc) is 4.12. The van der Waals surface area contributed by atoms with E-state index in [9.17, 15) is 24.6 Å². The predicted octanol–water partition coefficient (Wildman–Crippen LogP) is 6.13. The van der Waals surface area contributed by atoms with Crippen LogP contribution in [0.1, 0.15) is 109 Å². The van der Waals surface area contributed by atoms with Gasteiger partial charge in [-0.15, -0.1) is 11.3 Å². The third kappa shape index (κ3) is 4.89. The fourth-order valence-electron chi connectivity index (χ4n) is 14.5. The zero-order valence-corrected chi connectivity index (χ0v) is 34.9. The summed E-state index contributed by atoms with van der Waals surface area (Å²) in [5.74, 6) is 3.93. The van der Waals surface area contributed by atoms with Crippen LogP contribution in [0.5, 0.6) is 23.0 Å². The summed E-state index contributed by atoms with van der Waals surface area (Å²) < 4.78 is 25.6. The van der Waals surface area contributed by atoms with Crippen LogP contribution in [0.25, 0.3) is 0 Å². The first kappa shape index (κ1) is 36.8. The Morgan fingerprint density at radius 2 is 1.43 bits per heavy atom. The monoisotopic (exact) mass is 831 g/mol. The number of benzene rings is 2. The van der Waals surface area contributed by atoms with Crippen LogP contribution < -0.4 is 18.9 Å². The molecule has 1 unspecified atom stereocenters. The number of esters is 1. The average molecular weight is 832 g/mol. The zero-order valence-electron chi connectivity index (χ0n) is 34.0. The van der Waals surface area contributed by atoms with Crippen LogP contribution in [0.4, 0.5) is 0 Å². The number of thiophene rings is 1. The highest BCUT2D eigenvalue weighted by Gasteiger charge is 2.75. The van der Waals surface area contributed by atoms with Crippen LogP contribution in [0, 0.1) is 23.7 Å². The van der Waals surface area contributed by atoms with E-state index in [1.807, 2.05) is 30.3 Å². The van der Waals surface area contributed by atoms with Crippen LogP contribution in [-0.4, -0.2) is 81.8 Å². The van der Waals surface area contributed by atoms with Crippen molar-refractivity contribution in [3.05, 3.63) is 68.4 Å². The minimum Gasteiger partial charge on any atom is -0.489 e. The molecular weight excluding hydrogens is 779 g/mol. The molecule has 6 fully saturated rings. The van der Waals surface area contributed by atoms with Gasteiger partial charge in [0.25, 0.3) is 0 Å². The fourth-order valence-corrected chi connectivity index (χ4v) is 15.5. The summed E-state index contributed by atoms with van der Waals surface area (Å²) in [7, 11) is 0. The normalized spacial score (nSPS) is 37.5. The second-order valence-electron chi connectivity index (χ2n) is 20.4. The van der Waals surface area contributed by atoms with Crippen molar-refractivity contribution in [3.8, 4) is 23.0 Å². The molecule has 10 nitrogen and oxygen atoms in total. The quantitative estimate of drug-likeness (QED) is 0.172. The van der Waals surface area contributed by atoms with Crippen molar-refractivity contribution in [2.75, 3.05) is 19.7 Å². The van der Waals surface area contributed by atoms with Gasteiger partial charge in [0.05, 0.1) is 35.1 Å². The topological polar surface area (TPSA) is 132 Å². The maximum atomic E-state index is 13.5. The van der Waals surface area contributed by atoms with E-state index in [0.717, 1.165) is 64.7 Å². The maximum Gasteiger partial charge on any atom is 0.316 e. The van der Waals surface area contributed by atoms with Crippen molar-refractivity contribution in [1.29, 1.82) is 0 Å². The van der Waals surface area contributed by atoms with Crippen LogP contribution in [0.3, 0.4) is 0 Å². The number of rotatable bonds is 11. The number of Topliss-reactive ketones (excluding diaryl/α,β-unsaturated/α-hetero) is 2. The van der Waals surface area contributed by atoms with Crippen molar-refractivity contribution in [2.45, 2.75) is 143 Å². The van der Waals surface area contributed by atoms with Crippen molar-refractivity contribution < 1.29 is 43.5 Å². The van der Waals surface area contributed by atoms with Gasteiger partial charge in [0.1, 0.15) is 0 Å². The van der Waals surface area contributed by atoms with Crippen LogP contribution in [0.15, 0.2) is 36.4 Å². The Kier molecular flexibility index (Phi) is 7.78.